The molecule has 0 rings (SSSR count). The van der Waals surface area contributed by atoms with Crippen molar-refractivity contribution < 1.29 is 4.79 Å². The number of unbranched alkanes of at least 4 members (excludes halogenated alkanes) is 3. The summed E-state index contributed by atoms with van der Waals surface area (Å²) in [7, 11) is 0. The summed E-state index contributed by atoms with van der Waals surface area (Å²) in [4.78, 5) is 14.5. The molecular formula is C19H40N2O. The molecule has 22 heavy (non-hydrogen) atoms. The van der Waals surface area contributed by atoms with E-state index in [4.69, 9.17) is 0 Å². The van der Waals surface area contributed by atoms with Gasteiger partial charge in [0, 0.05) is 25.0 Å². The number of carbonyl (C=O) groups excluding carboxylic acids is 1. The molecule has 0 saturated carbocycles. The number of carbonyl (C=O) groups is 1. The van der Waals surface area contributed by atoms with Crippen LogP contribution in [0.5, 0.6) is 0 Å². The average Bonchev–Trinajstić information content (AvgIpc) is 2.33. The van der Waals surface area contributed by atoms with E-state index in [1.165, 1.54) is 12.8 Å². The maximum atomic E-state index is 12.4. The molecule has 0 fully saturated rings. The zero-order valence-corrected chi connectivity index (χ0v) is 16.2. The van der Waals surface area contributed by atoms with Crippen molar-refractivity contribution in [2.24, 2.45) is 5.41 Å². The fourth-order valence-electron chi connectivity index (χ4n) is 2.34. The first kappa shape index (κ1) is 21.4. The van der Waals surface area contributed by atoms with Crippen LogP contribution in [0.15, 0.2) is 0 Å². The Morgan fingerprint density at radius 2 is 1.50 bits per heavy atom. The summed E-state index contributed by atoms with van der Waals surface area (Å²) < 4.78 is 0. The van der Waals surface area contributed by atoms with E-state index >= 15 is 0 Å². The summed E-state index contributed by atoms with van der Waals surface area (Å²) >= 11 is 0. The lowest BCUT2D eigenvalue weighted by Crippen LogP contribution is -2.36. The second-order valence-electron chi connectivity index (χ2n) is 8.71. The van der Waals surface area contributed by atoms with Gasteiger partial charge in [-0.3, -0.25) is 4.79 Å². The van der Waals surface area contributed by atoms with Crippen molar-refractivity contribution in [2.45, 2.75) is 92.5 Å². The number of hydrogen-bond acceptors (Lipinski definition) is 2. The largest absolute Gasteiger partial charge is 0.343 e. The minimum atomic E-state index is 0.0815. The van der Waals surface area contributed by atoms with Crippen molar-refractivity contribution in [3.63, 3.8) is 0 Å². The fraction of sp³-hybridized carbons (Fsp3) is 0.947. The van der Waals surface area contributed by atoms with Gasteiger partial charge >= 0.3 is 0 Å². The molecule has 0 radical (unpaired) electrons. The van der Waals surface area contributed by atoms with Crippen LogP contribution in [0.2, 0.25) is 0 Å². The van der Waals surface area contributed by atoms with Crippen molar-refractivity contribution in [1.29, 1.82) is 0 Å². The molecule has 0 saturated heterocycles. The van der Waals surface area contributed by atoms with E-state index in [-0.39, 0.29) is 11.0 Å². The normalized spacial score (nSPS) is 12.5. The first-order valence-electron chi connectivity index (χ1n) is 9.08. The van der Waals surface area contributed by atoms with E-state index in [1.807, 2.05) is 0 Å². The van der Waals surface area contributed by atoms with Gasteiger partial charge in [-0.25, -0.2) is 0 Å². The molecule has 0 aromatic carbocycles. The van der Waals surface area contributed by atoms with Gasteiger partial charge in [0.1, 0.15) is 0 Å². The number of hydrogen-bond donors (Lipinski definition) is 1. The zero-order valence-electron chi connectivity index (χ0n) is 16.2. The predicted molar refractivity (Wildman–Crippen MR) is 97.2 cm³/mol. The Labute approximate surface area is 139 Å². The summed E-state index contributed by atoms with van der Waals surface area (Å²) in [5.41, 5.74) is 0.286. The zero-order chi connectivity index (χ0) is 17.2. The summed E-state index contributed by atoms with van der Waals surface area (Å²) in [5.74, 6) is 0.328. The molecule has 132 valence electrons. The van der Waals surface area contributed by atoms with Crippen LogP contribution in [0, 0.1) is 5.41 Å². The Kier molecular flexibility index (Phi) is 9.99. The fourth-order valence-corrected chi connectivity index (χ4v) is 2.34. The Bertz CT molecular complexity index is 300. The molecule has 0 spiro atoms. The maximum Gasteiger partial charge on any atom is 0.223 e. The van der Waals surface area contributed by atoms with Crippen LogP contribution < -0.4 is 5.32 Å². The Hall–Kier alpha value is -0.570. The standard InChI is InChI=1S/C19H40N2O/c1-8-9-14-21(17(22)16-18(2,3)4)15-12-10-11-13-20-19(5,6)7/h20H,8-16H2,1-7H3. The molecule has 0 aliphatic carbocycles. The van der Waals surface area contributed by atoms with Crippen LogP contribution in [-0.4, -0.2) is 36.0 Å². The first-order chi connectivity index (χ1) is 10.0. The minimum Gasteiger partial charge on any atom is -0.343 e. The highest BCUT2D eigenvalue weighted by Gasteiger charge is 2.20. The van der Waals surface area contributed by atoms with Crippen molar-refractivity contribution in [1.82, 2.24) is 10.2 Å². The Morgan fingerprint density at radius 1 is 0.909 bits per heavy atom. The van der Waals surface area contributed by atoms with E-state index in [1.54, 1.807) is 0 Å². The molecule has 3 heteroatoms. The van der Waals surface area contributed by atoms with Crippen LogP contribution in [0.1, 0.15) is 87.0 Å². The van der Waals surface area contributed by atoms with Crippen molar-refractivity contribution in [2.75, 3.05) is 19.6 Å². The van der Waals surface area contributed by atoms with Gasteiger partial charge in [0.15, 0.2) is 0 Å². The van der Waals surface area contributed by atoms with Crippen molar-refractivity contribution in [3.05, 3.63) is 0 Å². The number of rotatable bonds is 10. The lowest BCUT2D eigenvalue weighted by atomic mass is 9.91. The molecule has 0 aliphatic heterocycles. The van der Waals surface area contributed by atoms with Gasteiger partial charge in [-0.1, -0.05) is 40.5 Å². The van der Waals surface area contributed by atoms with E-state index in [0.717, 1.165) is 38.9 Å². The molecule has 0 heterocycles. The average molecular weight is 313 g/mol. The molecule has 3 nitrogen and oxygen atoms in total. The van der Waals surface area contributed by atoms with Gasteiger partial charge in [-0.05, 0) is 52.0 Å². The van der Waals surface area contributed by atoms with Gasteiger partial charge in [0.2, 0.25) is 5.91 Å². The van der Waals surface area contributed by atoms with Crippen LogP contribution in [0.3, 0.4) is 0 Å². The first-order valence-corrected chi connectivity index (χ1v) is 9.08. The van der Waals surface area contributed by atoms with Gasteiger partial charge in [0.05, 0.1) is 0 Å². The van der Waals surface area contributed by atoms with Gasteiger partial charge < -0.3 is 10.2 Å². The smallest absolute Gasteiger partial charge is 0.223 e. The molecular weight excluding hydrogens is 272 g/mol. The topological polar surface area (TPSA) is 32.3 Å². The predicted octanol–water partition coefficient (Wildman–Crippen LogP) is 4.61. The lowest BCUT2D eigenvalue weighted by Gasteiger charge is -2.27. The maximum absolute atomic E-state index is 12.4. The Morgan fingerprint density at radius 3 is 2.00 bits per heavy atom. The van der Waals surface area contributed by atoms with Gasteiger partial charge in [0.25, 0.3) is 0 Å². The number of amides is 1. The summed E-state index contributed by atoms with van der Waals surface area (Å²) in [5, 5.41) is 3.52. The van der Waals surface area contributed by atoms with Crippen LogP contribution in [0.4, 0.5) is 0 Å². The highest BCUT2D eigenvalue weighted by Crippen LogP contribution is 2.20. The summed E-state index contributed by atoms with van der Waals surface area (Å²) in [6.45, 7) is 18.1. The molecule has 0 atom stereocenters. The quantitative estimate of drug-likeness (QED) is 0.597. The highest BCUT2D eigenvalue weighted by molar-refractivity contribution is 5.76. The third-order valence-electron chi connectivity index (χ3n) is 3.58. The lowest BCUT2D eigenvalue weighted by molar-refractivity contribution is -0.133. The van der Waals surface area contributed by atoms with Crippen LogP contribution >= 0.6 is 0 Å². The van der Waals surface area contributed by atoms with Gasteiger partial charge in [-0.2, -0.15) is 0 Å². The molecule has 1 N–H and O–H groups in total. The second kappa shape index (κ2) is 10.3. The number of nitrogens with one attached hydrogen (secondary N) is 1. The third-order valence-corrected chi connectivity index (χ3v) is 3.58. The molecule has 0 aromatic heterocycles. The molecule has 0 aliphatic rings. The molecule has 1 amide bonds. The van der Waals surface area contributed by atoms with Gasteiger partial charge in [-0.15, -0.1) is 0 Å². The van der Waals surface area contributed by atoms with Crippen LogP contribution in [-0.2, 0) is 4.79 Å². The third kappa shape index (κ3) is 13.1. The van der Waals surface area contributed by atoms with Crippen molar-refractivity contribution in [3.8, 4) is 0 Å². The highest BCUT2D eigenvalue weighted by atomic mass is 16.2. The minimum absolute atomic E-state index is 0.0815. The van der Waals surface area contributed by atoms with Crippen molar-refractivity contribution >= 4 is 5.91 Å². The Balaban J connectivity index is 4.07. The van der Waals surface area contributed by atoms with E-state index < -0.39 is 0 Å². The SMILES string of the molecule is CCCCN(CCCCCNC(C)(C)C)C(=O)CC(C)(C)C. The van der Waals surface area contributed by atoms with E-state index in [2.05, 4.69) is 58.7 Å². The molecule has 0 bridgehead atoms. The molecule has 0 unspecified atom stereocenters. The number of nitrogens with zero attached hydrogens (tertiary/aromatic N) is 1. The monoisotopic (exact) mass is 312 g/mol. The van der Waals surface area contributed by atoms with E-state index in [9.17, 15) is 4.79 Å². The van der Waals surface area contributed by atoms with Crippen LogP contribution in [0.25, 0.3) is 0 Å². The summed E-state index contributed by atoms with van der Waals surface area (Å²) in [6, 6.07) is 0. The second-order valence-corrected chi connectivity index (χ2v) is 8.71. The summed E-state index contributed by atoms with van der Waals surface area (Å²) in [6.07, 6.45) is 6.41. The van der Waals surface area contributed by atoms with E-state index in [0.29, 0.717) is 12.3 Å². The molecule has 0 aromatic rings.